The van der Waals surface area contributed by atoms with Gasteiger partial charge in [0.05, 0.1) is 34.5 Å². The van der Waals surface area contributed by atoms with Gasteiger partial charge in [0.15, 0.2) is 11.5 Å². The highest BCUT2D eigenvalue weighted by Crippen LogP contribution is 2.32. The van der Waals surface area contributed by atoms with Gasteiger partial charge in [-0.15, -0.1) is 0 Å². The molecule has 0 spiro atoms. The minimum absolute atomic E-state index is 0.139. The van der Waals surface area contributed by atoms with Gasteiger partial charge in [-0.1, -0.05) is 12.1 Å². The number of nitrogens with one attached hydrogen (secondary N) is 3. The molecule has 7 rings (SSSR count). The summed E-state index contributed by atoms with van der Waals surface area (Å²) < 4.78 is 13.9. The van der Waals surface area contributed by atoms with Gasteiger partial charge < -0.3 is 20.1 Å². The van der Waals surface area contributed by atoms with Crippen molar-refractivity contribution in [3.8, 4) is 33.8 Å². The molecule has 11 nitrogen and oxygen atoms in total. The van der Waals surface area contributed by atoms with Crippen molar-refractivity contribution in [1.82, 2.24) is 44.9 Å². The molecule has 12 heteroatoms. The number of fused-ring (bicyclic) bond motifs is 2. The van der Waals surface area contributed by atoms with Gasteiger partial charge >= 0.3 is 6.03 Å². The number of carbonyl (C=O) groups excluding carboxylic acids is 1. The lowest BCUT2D eigenvalue weighted by atomic mass is 10.1. The number of benzene rings is 1. The number of halogens is 1. The number of pyridine rings is 3. The van der Waals surface area contributed by atoms with Crippen LogP contribution in [0.15, 0.2) is 67.4 Å². The molecule has 0 unspecified atom stereocenters. The van der Waals surface area contributed by atoms with E-state index < -0.39 is 0 Å². The summed E-state index contributed by atoms with van der Waals surface area (Å²) in [6.07, 6.45) is 8.44. The third kappa shape index (κ3) is 4.74. The molecule has 41 heavy (non-hydrogen) atoms. The van der Waals surface area contributed by atoms with Gasteiger partial charge in [-0.25, -0.2) is 19.2 Å². The smallest absolute Gasteiger partial charge is 0.321 e. The van der Waals surface area contributed by atoms with E-state index in [-0.39, 0.29) is 11.8 Å². The zero-order valence-electron chi connectivity index (χ0n) is 22.1. The van der Waals surface area contributed by atoms with Gasteiger partial charge in [-0.2, -0.15) is 5.10 Å². The summed E-state index contributed by atoms with van der Waals surface area (Å²) in [6.45, 7) is 3.05. The number of hydrogen-bond donors (Lipinski definition) is 3. The van der Waals surface area contributed by atoms with Crippen LogP contribution in [0.4, 0.5) is 14.9 Å². The number of nitrogens with zero attached hydrogens (tertiary/aromatic N) is 7. The number of anilines is 1. The number of imidazole rings is 1. The van der Waals surface area contributed by atoms with Gasteiger partial charge in [0, 0.05) is 61.5 Å². The number of aromatic nitrogens is 7. The second-order valence-corrected chi connectivity index (χ2v) is 10.1. The molecule has 1 saturated heterocycles. The third-order valence-corrected chi connectivity index (χ3v) is 7.29. The van der Waals surface area contributed by atoms with Crippen LogP contribution in [-0.4, -0.2) is 84.2 Å². The predicted molar refractivity (Wildman–Crippen MR) is 153 cm³/mol. The van der Waals surface area contributed by atoms with Crippen LogP contribution < -0.4 is 5.32 Å². The molecule has 0 radical (unpaired) electrons. The number of hydrogen-bond acceptors (Lipinski definition) is 7. The highest BCUT2D eigenvalue weighted by atomic mass is 19.1. The van der Waals surface area contributed by atoms with E-state index in [1.165, 1.54) is 12.1 Å². The number of carbonyl (C=O) groups is 1. The fourth-order valence-electron chi connectivity index (χ4n) is 5.03. The first-order valence-corrected chi connectivity index (χ1v) is 13.2. The van der Waals surface area contributed by atoms with Crippen molar-refractivity contribution in [1.29, 1.82) is 0 Å². The molecule has 5 aromatic heterocycles. The van der Waals surface area contributed by atoms with Crippen molar-refractivity contribution in [3.05, 3.63) is 73.2 Å². The first-order valence-electron chi connectivity index (χ1n) is 13.2. The molecule has 1 aliphatic rings. The van der Waals surface area contributed by atoms with Crippen LogP contribution in [0.25, 0.3) is 55.8 Å². The summed E-state index contributed by atoms with van der Waals surface area (Å²) in [7, 11) is 2.05. The zero-order chi connectivity index (χ0) is 27.9. The van der Waals surface area contributed by atoms with Crippen LogP contribution >= 0.6 is 0 Å². The molecular formula is C29H25FN10O. The molecule has 0 atom stereocenters. The average molecular weight is 549 g/mol. The van der Waals surface area contributed by atoms with Gasteiger partial charge in [-0.05, 0) is 36.9 Å². The van der Waals surface area contributed by atoms with Crippen LogP contribution in [0.1, 0.15) is 0 Å². The van der Waals surface area contributed by atoms with Crippen LogP contribution in [0, 0.1) is 5.82 Å². The summed E-state index contributed by atoms with van der Waals surface area (Å²) in [5, 5.41) is 11.1. The van der Waals surface area contributed by atoms with Crippen LogP contribution in [0.2, 0.25) is 0 Å². The quantitative estimate of drug-likeness (QED) is 0.295. The predicted octanol–water partition coefficient (Wildman–Crippen LogP) is 4.54. The number of urea groups is 1. The topological polar surface area (TPSA) is 132 Å². The second-order valence-electron chi connectivity index (χ2n) is 10.1. The standard InChI is InChI=1S/C29H25FN10O/c1-39-5-7-40(8-6-39)29(41)34-21-10-18(12-31-14-21)19-11-22-26(37-38-27(22)33-13-19)28-35-24-16-32-15-23(25(24)36-28)17-3-2-4-20(30)9-17/h2-4,9-16H,5-8H2,1H3,(H,34,41)(H,35,36)(H,33,37,38). The van der Waals surface area contributed by atoms with E-state index in [0.717, 1.165) is 29.6 Å². The Kier molecular flexibility index (Phi) is 6.08. The lowest BCUT2D eigenvalue weighted by Crippen LogP contribution is -2.48. The third-order valence-electron chi connectivity index (χ3n) is 7.29. The Morgan fingerprint density at radius 3 is 2.63 bits per heavy atom. The van der Waals surface area contributed by atoms with E-state index in [1.54, 1.807) is 42.0 Å². The molecule has 6 aromatic rings. The summed E-state index contributed by atoms with van der Waals surface area (Å²) in [6, 6.07) is 10.0. The van der Waals surface area contributed by atoms with Gasteiger partial charge in [-0.3, -0.25) is 15.1 Å². The van der Waals surface area contributed by atoms with Crippen molar-refractivity contribution >= 4 is 33.8 Å². The number of piperazine rings is 1. The van der Waals surface area contributed by atoms with Crippen molar-refractivity contribution < 1.29 is 9.18 Å². The molecule has 2 amide bonds. The van der Waals surface area contributed by atoms with Crippen LogP contribution in [-0.2, 0) is 0 Å². The van der Waals surface area contributed by atoms with E-state index in [9.17, 15) is 9.18 Å². The van der Waals surface area contributed by atoms with Crippen LogP contribution in [0.3, 0.4) is 0 Å². The normalized spacial score (nSPS) is 14.1. The second kappa shape index (κ2) is 10.1. The van der Waals surface area contributed by atoms with E-state index >= 15 is 0 Å². The van der Waals surface area contributed by atoms with Crippen molar-refractivity contribution in [2.75, 3.05) is 38.5 Å². The summed E-state index contributed by atoms with van der Waals surface area (Å²) in [5.74, 6) is 0.226. The number of amides is 2. The summed E-state index contributed by atoms with van der Waals surface area (Å²) in [5.41, 5.74) is 6.17. The lowest BCUT2D eigenvalue weighted by Gasteiger charge is -2.32. The average Bonchev–Trinajstić information content (AvgIpc) is 3.61. The van der Waals surface area contributed by atoms with E-state index in [4.69, 9.17) is 4.98 Å². The van der Waals surface area contributed by atoms with E-state index in [1.807, 2.05) is 18.2 Å². The Labute approximate surface area is 233 Å². The summed E-state index contributed by atoms with van der Waals surface area (Å²) >= 11 is 0. The molecular weight excluding hydrogens is 523 g/mol. The van der Waals surface area contributed by atoms with Crippen molar-refractivity contribution in [2.24, 2.45) is 0 Å². The number of rotatable bonds is 4. The molecule has 1 aromatic carbocycles. The monoisotopic (exact) mass is 548 g/mol. The first-order chi connectivity index (χ1) is 20.0. The molecule has 3 N–H and O–H groups in total. The van der Waals surface area contributed by atoms with Crippen molar-refractivity contribution in [3.63, 3.8) is 0 Å². The fourth-order valence-corrected chi connectivity index (χ4v) is 5.03. The molecule has 204 valence electrons. The number of aromatic amines is 2. The SMILES string of the molecule is CN1CCN(C(=O)Nc2cncc(-c3cnc4n[nH]c(-c5nc6c(-c7cccc(F)c7)cncc6[nH]5)c4c3)c2)CC1. The highest BCUT2D eigenvalue weighted by molar-refractivity contribution is 5.97. The van der Waals surface area contributed by atoms with Gasteiger partial charge in [0.1, 0.15) is 11.5 Å². The Balaban J connectivity index is 1.21. The first kappa shape index (κ1) is 24.8. The summed E-state index contributed by atoms with van der Waals surface area (Å²) in [4.78, 5) is 38.1. The van der Waals surface area contributed by atoms with Gasteiger partial charge in [0.2, 0.25) is 0 Å². The highest BCUT2D eigenvalue weighted by Gasteiger charge is 2.20. The minimum Gasteiger partial charge on any atom is -0.335 e. The molecule has 0 saturated carbocycles. The van der Waals surface area contributed by atoms with Crippen LogP contribution in [0.5, 0.6) is 0 Å². The maximum absolute atomic E-state index is 13.9. The molecule has 1 aliphatic heterocycles. The lowest BCUT2D eigenvalue weighted by molar-refractivity contribution is 0.164. The number of likely N-dealkylation sites (N-methyl/N-ethyl adjacent to an activating group) is 1. The van der Waals surface area contributed by atoms with E-state index in [0.29, 0.717) is 58.1 Å². The molecule has 1 fully saturated rings. The fraction of sp³-hybridized carbons (Fsp3) is 0.172. The Bertz CT molecular complexity index is 1910. The molecule has 0 bridgehead atoms. The Morgan fingerprint density at radius 2 is 1.78 bits per heavy atom. The van der Waals surface area contributed by atoms with Gasteiger partial charge in [0.25, 0.3) is 0 Å². The number of H-pyrrole nitrogens is 2. The van der Waals surface area contributed by atoms with E-state index in [2.05, 4.69) is 47.4 Å². The Hall–Kier alpha value is -5.23. The minimum atomic E-state index is -0.328. The maximum atomic E-state index is 13.9. The largest absolute Gasteiger partial charge is 0.335 e. The molecule has 0 aliphatic carbocycles. The van der Waals surface area contributed by atoms with Crippen molar-refractivity contribution in [2.45, 2.75) is 0 Å². The zero-order valence-corrected chi connectivity index (χ0v) is 22.1. The maximum Gasteiger partial charge on any atom is 0.321 e. The molecule has 6 heterocycles. The Morgan fingerprint density at radius 1 is 0.951 bits per heavy atom.